The molecule has 1 aliphatic heterocycles. The first-order valence-corrected chi connectivity index (χ1v) is 10.6. The molecule has 5 nitrogen and oxygen atoms in total. The van der Waals surface area contributed by atoms with E-state index in [-0.39, 0.29) is 24.0 Å². The summed E-state index contributed by atoms with van der Waals surface area (Å²) in [5.74, 6) is 0.242. The highest BCUT2D eigenvalue weighted by molar-refractivity contribution is 9.10. The Morgan fingerprint density at radius 3 is 2.59 bits per heavy atom. The van der Waals surface area contributed by atoms with Crippen LogP contribution in [0.2, 0.25) is 0 Å². The first-order chi connectivity index (χ1) is 15.4. The fourth-order valence-corrected chi connectivity index (χ4v) is 3.69. The second-order valence-electron chi connectivity index (χ2n) is 7.12. The van der Waals surface area contributed by atoms with Crippen LogP contribution in [0.3, 0.4) is 0 Å². The lowest BCUT2D eigenvalue weighted by Crippen LogP contribution is -2.05. The topological polar surface area (TPSA) is 57.1 Å². The van der Waals surface area contributed by atoms with Crippen molar-refractivity contribution in [3.63, 3.8) is 0 Å². The molecule has 162 valence electrons. The molecule has 0 radical (unpaired) electrons. The van der Waals surface area contributed by atoms with Crippen LogP contribution in [0.15, 0.2) is 75.8 Å². The summed E-state index contributed by atoms with van der Waals surface area (Å²) in [5, 5.41) is 0. The summed E-state index contributed by atoms with van der Waals surface area (Å²) >= 11 is 3.47. The Morgan fingerprint density at radius 1 is 1.12 bits per heavy atom. The fraction of sp³-hybridized carbons (Fsp3) is 0.120. The summed E-state index contributed by atoms with van der Waals surface area (Å²) < 4.78 is 31.1. The summed E-state index contributed by atoms with van der Waals surface area (Å²) in [6.07, 6.45) is 1.61. The van der Waals surface area contributed by atoms with Gasteiger partial charge in [0.05, 0.1) is 11.6 Å². The van der Waals surface area contributed by atoms with Crippen molar-refractivity contribution in [1.82, 2.24) is 0 Å². The van der Waals surface area contributed by atoms with Crippen LogP contribution in [0.5, 0.6) is 11.5 Å². The number of benzene rings is 3. The Morgan fingerprint density at radius 2 is 1.88 bits per heavy atom. The van der Waals surface area contributed by atoms with Crippen molar-refractivity contribution in [3.05, 3.63) is 98.9 Å². The van der Waals surface area contributed by atoms with Gasteiger partial charge in [0, 0.05) is 11.1 Å². The average Bonchev–Trinajstić information content (AvgIpc) is 3.14. The highest BCUT2D eigenvalue weighted by Gasteiger charge is 2.24. The highest BCUT2D eigenvalue weighted by Crippen LogP contribution is 2.38. The van der Waals surface area contributed by atoms with Gasteiger partial charge < -0.3 is 14.2 Å². The van der Waals surface area contributed by atoms with Gasteiger partial charge in [-0.3, -0.25) is 0 Å². The zero-order valence-electron chi connectivity index (χ0n) is 17.4. The summed E-state index contributed by atoms with van der Waals surface area (Å²) in [6, 6.07) is 17.4. The van der Waals surface area contributed by atoms with Gasteiger partial charge in [-0.1, -0.05) is 35.9 Å². The number of halogens is 2. The summed E-state index contributed by atoms with van der Waals surface area (Å²) in [5.41, 5.74) is 3.09. The number of nitrogens with zero attached hydrogens (tertiary/aromatic N) is 1. The van der Waals surface area contributed by atoms with E-state index < -0.39 is 5.97 Å². The number of methoxy groups -OCH3 is 1. The molecule has 3 aromatic carbocycles. The zero-order valence-corrected chi connectivity index (χ0v) is 19.0. The van der Waals surface area contributed by atoms with Gasteiger partial charge >= 0.3 is 5.97 Å². The van der Waals surface area contributed by atoms with Crippen LogP contribution < -0.4 is 9.47 Å². The lowest BCUT2D eigenvalue weighted by Gasteiger charge is -2.14. The fourth-order valence-electron chi connectivity index (χ4n) is 3.12. The van der Waals surface area contributed by atoms with E-state index in [1.807, 2.05) is 31.2 Å². The van der Waals surface area contributed by atoms with Gasteiger partial charge in [0.1, 0.15) is 12.4 Å². The van der Waals surface area contributed by atoms with Crippen molar-refractivity contribution in [2.24, 2.45) is 4.99 Å². The Balaban J connectivity index is 1.59. The van der Waals surface area contributed by atoms with Gasteiger partial charge in [-0.25, -0.2) is 14.2 Å². The number of cyclic esters (lactones) is 1. The van der Waals surface area contributed by atoms with Gasteiger partial charge in [-0.2, -0.15) is 0 Å². The zero-order chi connectivity index (χ0) is 22.7. The Hall–Kier alpha value is -3.45. The second kappa shape index (κ2) is 9.36. The SMILES string of the molecule is COc1cc(/C=C2\N=C(c3ccc(C)cc3)OC2=O)cc(Br)c1OCc1ccccc1F. The molecule has 0 amide bonds. The Kier molecular flexibility index (Phi) is 6.37. The van der Waals surface area contributed by atoms with E-state index in [2.05, 4.69) is 20.9 Å². The minimum Gasteiger partial charge on any atom is -0.493 e. The molecule has 1 heterocycles. The van der Waals surface area contributed by atoms with Crippen molar-refractivity contribution in [1.29, 1.82) is 0 Å². The number of carbonyl (C=O) groups excluding carboxylic acids is 1. The molecule has 0 aliphatic carbocycles. The minimum atomic E-state index is -0.532. The van der Waals surface area contributed by atoms with E-state index in [0.717, 1.165) is 11.1 Å². The molecule has 7 heteroatoms. The maximum absolute atomic E-state index is 13.9. The number of ether oxygens (including phenoxy) is 3. The van der Waals surface area contributed by atoms with Crippen molar-refractivity contribution in [2.75, 3.05) is 7.11 Å². The third-order valence-electron chi connectivity index (χ3n) is 4.80. The van der Waals surface area contributed by atoms with E-state index in [9.17, 15) is 9.18 Å². The molecule has 0 atom stereocenters. The van der Waals surface area contributed by atoms with Crippen LogP contribution >= 0.6 is 15.9 Å². The predicted octanol–water partition coefficient (Wildman–Crippen LogP) is 5.83. The van der Waals surface area contributed by atoms with E-state index in [4.69, 9.17) is 14.2 Å². The third-order valence-corrected chi connectivity index (χ3v) is 5.39. The molecule has 0 N–H and O–H groups in total. The lowest BCUT2D eigenvalue weighted by molar-refractivity contribution is -0.129. The molecule has 0 saturated carbocycles. The van der Waals surface area contributed by atoms with Crippen LogP contribution in [-0.2, 0) is 16.1 Å². The quantitative estimate of drug-likeness (QED) is 0.319. The van der Waals surface area contributed by atoms with E-state index in [1.54, 1.807) is 36.4 Å². The van der Waals surface area contributed by atoms with Crippen molar-refractivity contribution in [2.45, 2.75) is 13.5 Å². The van der Waals surface area contributed by atoms with Crippen molar-refractivity contribution < 1.29 is 23.4 Å². The number of hydrogen-bond donors (Lipinski definition) is 0. The van der Waals surface area contributed by atoms with Gasteiger partial charge in [-0.05, 0) is 64.8 Å². The van der Waals surface area contributed by atoms with Crippen molar-refractivity contribution in [3.8, 4) is 11.5 Å². The molecule has 0 bridgehead atoms. The first-order valence-electron chi connectivity index (χ1n) is 9.78. The maximum atomic E-state index is 13.9. The summed E-state index contributed by atoms with van der Waals surface area (Å²) in [7, 11) is 1.51. The van der Waals surface area contributed by atoms with E-state index in [0.29, 0.717) is 27.1 Å². The molecule has 0 aromatic heterocycles. The van der Waals surface area contributed by atoms with Crippen molar-refractivity contribution >= 4 is 33.9 Å². The molecule has 1 aliphatic rings. The minimum absolute atomic E-state index is 0.0403. The van der Waals surface area contributed by atoms with Crippen LogP contribution in [0.4, 0.5) is 4.39 Å². The van der Waals surface area contributed by atoms with Gasteiger partial charge in [0.2, 0.25) is 5.90 Å². The monoisotopic (exact) mass is 495 g/mol. The number of aryl methyl sites for hydroxylation is 1. The molecular weight excluding hydrogens is 477 g/mol. The van der Waals surface area contributed by atoms with E-state index in [1.165, 1.54) is 13.2 Å². The van der Waals surface area contributed by atoms with Crippen LogP contribution in [0.25, 0.3) is 6.08 Å². The van der Waals surface area contributed by atoms with Gasteiger partial charge in [-0.15, -0.1) is 0 Å². The molecule has 0 spiro atoms. The van der Waals surface area contributed by atoms with Crippen LogP contribution in [0.1, 0.15) is 22.3 Å². The highest BCUT2D eigenvalue weighted by atomic mass is 79.9. The molecule has 0 saturated heterocycles. The van der Waals surface area contributed by atoms with Gasteiger partial charge in [0.25, 0.3) is 0 Å². The molecule has 32 heavy (non-hydrogen) atoms. The number of esters is 1. The number of rotatable bonds is 6. The lowest BCUT2D eigenvalue weighted by atomic mass is 10.1. The number of carbonyl (C=O) groups is 1. The molecule has 3 aromatic rings. The normalized spacial score (nSPS) is 14.3. The largest absolute Gasteiger partial charge is 0.493 e. The van der Waals surface area contributed by atoms with Crippen LogP contribution in [0, 0.1) is 12.7 Å². The molecule has 0 unspecified atom stereocenters. The second-order valence-corrected chi connectivity index (χ2v) is 7.97. The summed E-state index contributed by atoms with van der Waals surface area (Å²) in [4.78, 5) is 16.7. The average molecular weight is 496 g/mol. The van der Waals surface area contributed by atoms with E-state index >= 15 is 0 Å². The van der Waals surface area contributed by atoms with Gasteiger partial charge in [0.15, 0.2) is 17.2 Å². The molecule has 4 rings (SSSR count). The maximum Gasteiger partial charge on any atom is 0.363 e. The first kappa shape index (κ1) is 21.8. The Bertz CT molecular complexity index is 1240. The summed E-state index contributed by atoms with van der Waals surface area (Å²) in [6.45, 7) is 2.02. The molecular formula is C25H19BrFNO4. The predicted molar refractivity (Wildman–Crippen MR) is 123 cm³/mol. The Labute approximate surface area is 193 Å². The smallest absolute Gasteiger partial charge is 0.363 e. The van der Waals surface area contributed by atoms with Crippen LogP contribution in [-0.4, -0.2) is 19.0 Å². The standard InChI is InChI=1S/C25H19BrFNO4/c1-15-7-9-17(10-8-15)24-28-21(25(29)32-24)12-16-11-19(26)23(22(13-16)30-2)31-14-18-5-3-4-6-20(18)27/h3-13H,14H2,1-2H3/b21-12-. The number of aliphatic imine (C=N–C) groups is 1. The number of hydrogen-bond acceptors (Lipinski definition) is 5. The molecule has 0 fully saturated rings. The third kappa shape index (κ3) is 4.73.